The molecule has 18 nitrogen and oxygen atoms in total. The molecule has 4 aliphatic rings. The molecule has 2 aliphatic heterocycles. The number of aromatic nitrogens is 4. The largest absolute Gasteiger partial charge is 0.509 e. The number of hydrogen-bond acceptors (Lipinski definition) is 15. The predicted octanol–water partition coefficient (Wildman–Crippen LogP) is 3.23. The van der Waals surface area contributed by atoms with E-state index >= 15 is 0 Å². The van der Waals surface area contributed by atoms with Gasteiger partial charge in [0.05, 0.1) is 26.1 Å². The number of nitrogens with zero attached hydrogens (tertiary/aromatic N) is 4. The van der Waals surface area contributed by atoms with Gasteiger partial charge in [-0.05, 0) is 58.3 Å². The molecule has 2 saturated carbocycles. The van der Waals surface area contributed by atoms with Crippen LogP contribution in [0.3, 0.4) is 0 Å². The zero-order chi connectivity index (χ0) is 36.9. The lowest BCUT2D eigenvalue weighted by molar-refractivity contribution is -0.146. The minimum Gasteiger partial charge on any atom is -0.465 e. The van der Waals surface area contributed by atoms with Crippen LogP contribution in [0.4, 0.5) is 16.6 Å². The van der Waals surface area contributed by atoms with Gasteiger partial charge in [0.15, 0.2) is 23.1 Å². The molecule has 2 aliphatic carbocycles. The molecule has 19 heteroatoms. The first kappa shape index (κ1) is 37.2. The van der Waals surface area contributed by atoms with Crippen LogP contribution in [0.25, 0.3) is 11.2 Å². The van der Waals surface area contributed by atoms with Crippen LogP contribution in [-0.4, -0.2) is 99.0 Å². The number of esters is 2. The third-order valence-electron chi connectivity index (χ3n) is 9.52. The number of fused-ring (bicyclic) bond motifs is 1. The second-order valence-corrected chi connectivity index (χ2v) is 16.4. The van der Waals surface area contributed by atoms with Crippen molar-refractivity contribution in [3.63, 3.8) is 0 Å². The van der Waals surface area contributed by atoms with Crippen molar-refractivity contribution < 1.29 is 47.2 Å². The van der Waals surface area contributed by atoms with Crippen LogP contribution in [0.2, 0.25) is 0 Å². The molecule has 282 valence electrons. The molecule has 2 saturated heterocycles. The van der Waals surface area contributed by atoms with Crippen LogP contribution in [0, 0.1) is 11.8 Å². The predicted molar refractivity (Wildman–Crippen MR) is 182 cm³/mol. The van der Waals surface area contributed by atoms with Gasteiger partial charge in [0.2, 0.25) is 11.5 Å². The van der Waals surface area contributed by atoms with Crippen molar-refractivity contribution in [3.8, 4) is 0 Å². The summed E-state index contributed by atoms with van der Waals surface area (Å²) in [6, 6.07) is -2.38. The first-order valence-electron chi connectivity index (χ1n) is 17.6. The third kappa shape index (κ3) is 7.12. The molecule has 2 aromatic rings. The maximum Gasteiger partial charge on any atom is 0.509 e. The summed E-state index contributed by atoms with van der Waals surface area (Å²) in [5.74, 6) is -0.650. The Balaban J connectivity index is 1.26. The summed E-state index contributed by atoms with van der Waals surface area (Å²) in [4.78, 5) is 52.2. The van der Waals surface area contributed by atoms with E-state index in [1.165, 1.54) is 0 Å². The molecule has 5 N–H and O–H groups in total. The Bertz CT molecular complexity index is 1660. The van der Waals surface area contributed by atoms with Gasteiger partial charge < -0.3 is 43.8 Å². The molecule has 5 unspecified atom stereocenters. The van der Waals surface area contributed by atoms with Crippen molar-refractivity contribution in [1.29, 1.82) is 0 Å². The third-order valence-corrected chi connectivity index (χ3v) is 11.3. The number of carbonyl (C=O) groups is 3. The fourth-order valence-corrected chi connectivity index (χ4v) is 9.05. The molecule has 7 atom stereocenters. The molecule has 0 bridgehead atoms. The quantitative estimate of drug-likeness (QED) is 0.0978. The van der Waals surface area contributed by atoms with Crippen molar-refractivity contribution in [2.75, 3.05) is 30.9 Å². The van der Waals surface area contributed by atoms with Gasteiger partial charge in [-0.2, -0.15) is 9.97 Å². The summed E-state index contributed by atoms with van der Waals surface area (Å²) in [7, 11) is -4.26. The van der Waals surface area contributed by atoms with E-state index in [0.29, 0.717) is 17.0 Å². The number of anilines is 2. The summed E-state index contributed by atoms with van der Waals surface area (Å²) in [6.07, 6.45) is 1.32. The first-order valence-corrected chi connectivity index (χ1v) is 19.2. The van der Waals surface area contributed by atoms with Crippen LogP contribution < -0.4 is 21.2 Å². The zero-order valence-corrected chi connectivity index (χ0v) is 30.9. The summed E-state index contributed by atoms with van der Waals surface area (Å²) >= 11 is 0. The molecule has 1 spiro atoms. The minimum atomic E-state index is -4.26. The Hall–Kier alpha value is -3.57. The Morgan fingerprint density at radius 1 is 1.06 bits per heavy atom. The number of rotatable bonds is 18. The van der Waals surface area contributed by atoms with Gasteiger partial charge in [-0.1, -0.05) is 27.7 Å². The fraction of sp³-hybridized carbons (Fsp3) is 0.750. The maximum atomic E-state index is 14.7. The van der Waals surface area contributed by atoms with Gasteiger partial charge in [-0.25, -0.2) is 20.0 Å². The lowest BCUT2D eigenvalue weighted by Gasteiger charge is -2.31. The van der Waals surface area contributed by atoms with Gasteiger partial charge in [0.1, 0.15) is 29.8 Å². The Kier molecular flexibility index (Phi) is 10.3. The summed E-state index contributed by atoms with van der Waals surface area (Å²) < 4.78 is 51.2. The number of imidazole rings is 1. The second-order valence-electron chi connectivity index (χ2n) is 14.5. The SMILES string of the molecule is CCOC(=O)C(CC(C)C)NP(=O)(NC(CC(C)C)C(=O)OCC)OC[C@H]1OC2(C)[C@@H](n3cnc4c(NC5CC5)nc(N)nc43)C23OC(=O)OC13. The molecule has 6 rings (SSSR count). The van der Waals surface area contributed by atoms with Crippen LogP contribution in [0.15, 0.2) is 6.33 Å². The number of carbonyl (C=O) groups excluding carboxylic acids is 3. The lowest BCUT2D eigenvalue weighted by atomic mass is 10.1. The van der Waals surface area contributed by atoms with Crippen molar-refractivity contribution in [3.05, 3.63) is 6.33 Å². The van der Waals surface area contributed by atoms with E-state index in [4.69, 9.17) is 33.9 Å². The Labute approximate surface area is 296 Å². The smallest absolute Gasteiger partial charge is 0.465 e. The lowest BCUT2D eigenvalue weighted by Crippen LogP contribution is -2.46. The molecular weight excluding hydrogens is 687 g/mol. The maximum absolute atomic E-state index is 14.7. The monoisotopic (exact) mass is 736 g/mol. The van der Waals surface area contributed by atoms with Gasteiger partial charge in [0, 0.05) is 6.04 Å². The molecule has 51 heavy (non-hydrogen) atoms. The molecular formula is C32H49N8O10P. The van der Waals surface area contributed by atoms with Crippen molar-refractivity contribution >= 4 is 48.7 Å². The molecule has 4 heterocycles. The topological polar surface area (TPSA) is 229 Å². The van der Waals surface area contributed by atoms with E-state index in [1.54, 1.807) is 31.7 Å². The first-order chi connectivity index (χ1) is 24.1. The summed E-state index contributed by atoms with van der Waals surface area (Å²) in [5, 5.41) is 9.04. The van der Waals surface area contributed by atoms with Gasteiger partial charge >= 0.3 is 25.8 Å². The van der Waals surface area contributed by atoms with Gasteiger partial charge in [-0.3, -0.25) is 14.2 Å². The highest BCUT2D eigenvalue weighted by Crippen LogP contribution is 2.72. The number of nitrogens with two attached hydrogens (primary N) is 1. The Morgan fingerprint density at radius 3 is 2.22 bits per heavy atom. The van der Waals surface area contributed by atoms with Crippen LogP contribution >= 0.6 is 7.67 Å². The number of ether oxygens (including phenoxy) is 5. The molecule has 0 amide bonds. The van der Waals surface area contributed by atoms with Crippen LogP contribution in [0.5, 0.6) is 0 Å². The van der Waals surface area contributed by atoms with Crippen molar-refractivity contribution in [2.45, 2.75) is 122 Å². The van der Waals surface area contributed by atoms with Crippen LogP contribution in [0.1, 0.15) is 80.2 Å². The Morgan fingerprint density at radius 2 is 1.67 bits per heavy atom. The van der Waals surface area contributed by atoms with E-state index in [0.717, 1.165) is 12.8 Å². The zero-order valence-electron chi connectivity index (χ0n) is 30.0. The second kappa shape index (κ2) is 14.1. The molecule has 2 aromatic heterocycles. The van der Waals surface area contributed by atoms with Crippen LogP contribution in [-0.2, 0) is 42.4 Å². The average molecular weight is 737 g/mol. The number of nitrogens with one attached hydrogen (secondary N) is 3. The van der Waals surface area contributed by atoms with Crippen molar-refractivity contribution in [2.24, 2.45) is 11.8 Å². The fourth-order valence-electron chi connectivity index (χ4n) is 7.23. The standard InChI is InChI=1S/C32H49N8O10P/c1-8-45-26(41)19(12-16(3)4)38-51(44,39-20(13-17(5)6)27(42)46-9-2)47-14-21-23-32(50-30(43)48-23)28(31(32,7)49-21)40-15-34-22-24(35-18-10-11-18)36-29(33)37-25(22)40/h15-21,23,28H,8-14H2,1-7H3,(H2,38,39,44)(H3,33,35,36,37)/t19?,20?,21-,23?,28-,31?,32?,51?/m1/s1. The minimum absolute atomic E-state index is 0.00869. The van der Waals surface area contributed by atoms with E-state index in [9.17, 15) is 18.9 Å². The number of hydrogen-bond donors (Lipinski definition) is 4. The molecule has 4 fully saturated rings. The van der Waals surface area contributed by atoms with E-state index < -0.39 is 67.3 Å². The highest BCUT2D eigenvalue weighted by atomic mass is 31.2. The normalized spacial score (nSPS) is 28.8. The highest BCUT2D eigenvalue weighted by Gasteiger charge is 2.92. The van der Waals surface area contributed by atoms with Gasteiger partial charge in [-0.15, -0.1) is 0 Å². The molecule has 0 aromatic carbocycles. The van der Waals surface area contributed by atoms with E-state index in [1.807, 2.05) is 27.7 Å². The average Bonchev–Trinajstić information content (AvgIpc) is 3.78. The van der Waals surface area contributed by atoms with Gasteiger partial charge in [0.25, 0.3) is 0 Å². The number of nitrogen functional groups attached to an aromatic ring is 1. The van der Waals surface area contributed by atoms with E-state index in [-0.39, 0.29) is 56.5 Å². The molecule has 0 radical (unpaired) electrons. The summed E-state index contributed by atoms with van der Waals surface area (Å²) in [6.45, 7) is 12.6. The highest BCUT2D eigenvalue weighted by molar-refractivity contribution is 7.54. The van der Waals surface area contributed by atoms with E-state index in [2.05, 4.69) is 30.4 Å². The summed E-state index contributed by atoms with van der Waals surface area (Å²) in [5.41, 5.74) is 4.60. The van der Waals surface area contributed by atoms with Crippen molar-refractivity contribution in [1.82, 2.24) is 29.7 Å².